The maximum atomic E-state index is 12.3. The van der Waals surface area contributed by atoms with E-state index < -0.39 is 0 Å². The Hall–Kier alpha value is -2.70. The van der Waals surface area contributed by atoms with Crippen LogP contribution in [-0.2, 0) is 0 Å². The number of rotatable bonds is 7. The van der Waals surface area contributed by atoms with Gasteiger partial charge >= 0.3 is 0 Å². The summed E-state index contributed by atoms with van der Waals surface area (Å²) < 4.78 is 5.63. The highest BCUT2D eigenvalue weighted by molar-refractivity contribution is 7.17. The molecule has 2 heterocycles. The van der Waals surface area contributed by atoms with Gasteiger partial charge in [0.15, 0.2) is 0 Å². The third-order valence-electron chi connectivity index (χ3n) is 4.20. The van der Waals surface area contributed by atoms with Gasteiger partial charge in [0.05, 0.1) is 9.58 Å². The van der Waals surface area contributed by atoms with Gasteiger partial charge in [-0.15, -0.1) is 11.3 Å². The lowest BCUT2D eigenvalue weighted by Gasteiger charge is -2.05. The molecule has 0 aliphatic rings. The smallest absolute Gasteiger partial charge is 0.261 e. The highest BCUT2D eigenvalue weighted by Crippen LogP contribution is 2.28. The van der Waals surface area contributed by atoms with Gasteiger partial charge in [0.25, 0.3) is 5.91 Å². The van der Waals surface area contributed by atoms with Gasteiger partial charge in [-0.05, 0) is 47.8 Å². The van der Waals surface area contributed by atoms with Crippen molar-refractivity contribution >= 4 is 44.7 Å². The number of nitrogens with one attached hydrogen (secondary N) is 2. The van der Waals surface area contributed by atoms with Crippen molar-refractivity contribution in [3.8, 4) is 10.4 Å². The highest BCUT2D eigenvalue weighted by atomic mass is 32.1. The molecule has 4 aromatic rings. The van der Waals surface area contributed by atoms with Gasteiger partial charge in [-0.25, -0.2) is 0 Å². The maximum Gasteiger partial charge on any atom is 0.261 e. The van der Waals surface area contributed by atoms with Crippen molar-refractivity contribution in [2.75, 3.05) is 18.4 Å². The van der Waals surface area contributed by atoms with Crippen LogP contribution < -0.4 is 10.6 Å². The zero-order valence-corrected chi connectivity index (χ0v) is 16.3. The monoisotopic (exact) mass is 393 g/mol. The number of hydrogen-bond acceptors (Lipinski definition) is 5. The molecule has 0 saturated heterocycles. The second kappa shape index (κ2) is 8.33. The van der Waals surface area contributed by atoms with Crippen LogP contribution in [-0.4, -0.2) is 23.4 Å². The molecule has 2 aromatic carbocycles. The lowest BCUT2D eigenvalue weighted by atomic mass is 10.2. The predicted octanol–water partition coefficient (Wildman–Crippen LogP) is 5.26. The third-order valence-corrected chi connectivity index (χ3v) is 6.16. The minimum Gasteiger partial charge on any atom is -0.369 e. The fraction of sp³-hybridized carbons (Fsp3) is 0.143. The molecule has 4 rings (SSSR count). The van der Waals surface area contributed by atoms with E-state index in [1.54, 1.807) is 0 Å². The number of aromatic nitrogens is 1. The topological polar surface area (TPSA) is 54.0 Å². The lowest BCUT2D eigenvalue weighted by Crippen LogP contribution is -2.25. The van der Waals surface area contributed by atoms with Crippen LogP contribution in [0.25, 0.3) is 20.5 Å². The van der Waals surface area contributed by atoms with E-state index in [4.69, 9.17) is 0 Å². The Morgan fingerprint density at radius 3 is 2.63 bits per heavy atom. The Labute approximate surface area is 166 Å². The van der Waals surface area contributed by atoms with Crippen LogP contribution in [0.5, 0.6) is 0 Å². The van der Waals surface area contributed by atoms with Gasteiger partial charge < -0.3 is 10.6 Å². The first-order chi connectivity index (χ1) is 13.3. The molecule has 1 amide bonds. The second-order valence-corrected chi connectivity index (χ2v) is 7.98. The van der Waals surface area contributed by atoms with E-state index in [0.717, 1.165) is 39.5 Å². The van der Waals surface area contributed by atoms with Crippen LogP contribution in [0.4, 0.5) is 5.82 Å². The number of carbonyl (C=O) groups excluding carboxylic acids is 1. The summed E-state index contributed by atoms with van der Waals surface area (Å²) in [5, 5.41) is 7.50. The quantitative estimate of drug-likeness (QED) is 0.421. The fourth-order valence-corrected chi connectivity index (χ4v) is 4.50. The maximum absolute atomic E-state index is 12.3. The number of hydrogen-bond donors (Lipinski definition) is 2. The number of anilines is 1. The molecule has 0 fully saturated rings. The summed E-state index contributed by atoms with van der Waals surface area (Å²) in [6, 6.07) is 22.2. The van der Waals surface area contributed by atoms with E-state index >= 15 is 0 Å². The summed E-state index contributed by atoms with van der Waals surface area (Å²) in [5.74, 6) is 0.911. The number of fused-ring (bicyclic) bond motifs is 1. The standard InChI is InChI=1S/C21H19N3OS2/c25-21(19-12-11-17(26-19)15-7-2-1-3-8-15)23-14-6-13-22-20-16-9-4-5-10-18(16)27-24-20/h1-5,7-12H,6,13-14H2,(H,22,24)(H,23,25). The molecule has 0 atom stereocenters. The number of carbonyl (C=O) groups is 1. The van der Waals surface area contributed by atoms with Crippen molar-refractivity contribution in [3.05, 3.63) is 71.6 Å². The van der Waals surface area contributed by atoms with Gasteiger partial charge in [-0.2, -0.15) is 4.37 Å². The predicted molar refractivity (Wildman–Crippen MR) is 115 cm³/mol. The van der Waals surface area contributed by atoms with E-state index in [0.29, 0.717) is 6.54 Å². The molecule has 0 aliphatic heterocycles. The minimum absolute atomic E-state index is 0.0127. The van der Waals surface area contributed by atoms with Crippen LogP contribution in [0.15, 0.2) is 66.7 Å². The molecule has 27 heavy (non-hydrogen) atoms. The number of amides is 1. The van der Waals surface area contributed by atoms with Gasteiger partial charge in [0.2, 0.25) is 0 Å². The molecule has 0 spiro atoms. The fourth-order valence-electron chi connectivity index (χ4n) is 2.82. The molecular formula is C21H19N3OS2. The first-order valence-electron chi connectivity index (χ1n) is 8.83. The van der Waals surface area contributed by atoms with Crippen LogP contribution in [0.3, 0.4) is 0 Å². The number of benzene rings is 2. The molecule has 0 saturated carbocycles. The van der Waals surface area contributed by atoms with Crippen LogP contribution in [0, 0.1) is 0 Å². The van der Waals surface area contributed by atoms with Crippen molar-refractivity contribution in [1.29, 1.82) is 0 Å². The average molecular weight is 394 g/mol. The highest BCUT2D eigenvalue weighted by Gasteiger charge is 2.10. The van der Waals surface area contributed by atoms with Crippen LogP contribution in [0.2, 0.25) is 0 Å². The van der Waals surface area contributed by atoms with E-state index in [-0.39, 0.29) is 5.91 Å². The molecule has 0 aliphatic carbocycles. The van der Waals surface area contributed by atoms with Crippen molar-refractivity contribution < 1.29 is 4.79 Å². The molecule has 2 N–H and O–H groups in total. The van der Waals surface area contributed by atoms with E-state index in [9.17, 15) is 4.79 Å². The summed E-state index contributed by atoms with van der Waals surface area (Å²) in [6.45, 7) is 1.40. The largest absolute Gasteiger partial charge is 0.369 e. The van der Waals surface area contributed by atoms with Gasteiger partial charge in [-0.3, -0.25) is 4.79 Å². The van der Waals surface area contributed by atoms with Crippen molar-refractivity contribution in [2.45, 2.75) is 6.42 Å². The molecule has 0 bridgehead atoms. The number of nitrogens with zero attached hydrogens (tertiary/aromatic N) is 1. The van der Waals surface area contributed by atoms with E-state index in [1.165, 1.54) is 27.6 Å². The average Bonchev–Trinajstić information content (AvgIpc) is 3.36. The molecular weight excluding hydrogens is 374 g/mol. The molecule has 6 heteroatoms. The first-order valence-corrected chi connectivity index (χ1v) is 10.4. The molecule has 136 valence electrons. The van der Waals surface area contributed by atoms with Crippen LogP contribution >= 0.6 is 22.9 Å². The molecule has 0 unspecified atom stereocenters. The zero-order valence-electron chi connectivity index (χ0n) is 14.6. The third kappa shape index (κ3) is 4.18. The normalized spacial score (nSPS) is 10.8. The van der Waals surface area contributed by atoms with Crippen molar-refractivity contribution in [2.24, 2.45) is 0 Å². The summed E-state index contributed by atoms with van der Waals surface area (Å²) in [6.07, 6.45) is 0.842. The summed E-state index contributed by atoms with van der Waals surface area (Å²) in [4.78, 5) is 14.2. The van der Waals surface area contributed by atoms with E-state index in [1.807, 2.05) is 42.5 Å². The van der Waals surface area contributed by atoms with Crippen molar-refractivity contribution in [1.82, 2.24) is 9.69 Å². The van der Waals surface area contributed by atoms with E-state index in [2.05, 4.69) is 39.3 Å². The molecule has 4 nitrogen and oxygen atoms in total. The lowest BCUT2D eigenvalue weighted by molar-refractivity contribution is 0.0957. The Morgan fingerprint density at radius 1 is 0.926 bits per heavy atom. The van der Waals surface area contributed by atoms with Crippen molar-refractivity contribution in [3.63, 3.8) is 0 Å². The molecule has 2 aromatic heterocycles. The minimum atomic E-state index is -0.0127. The Balaban J connectivity index is 1.25. The SMILES string of the molecule is O=C(NCCCNc1nsc2ccccc12)c1ccc(-c2ccccc2)s1. The first kappa shape index (κ1) is 17.7. The van der Waals surface area contributed by atoms with Crippen LogP contribution in [0.1, 0.15) is 16.1 Å². The Morgan fingerprint density at radius 2 is 1.74 bits per heavy atom. The summed E-state index contributed by atoms with van der Waals surface area (Å²) in [7, 11) is 0. The second-order valence-electron chi connectivity index (χ2n) is 6.09. The summed E-state index contributed by atoms with van der Waals surface area (Å²) >= 11 is 3.02. The molecule has 0 radical (unpaired) electrons. The number of thiophene rings is 1. The van der Waals surface area contributed by atoms with Gasteiger partial charge in [0.1, 0.15) is 5.82 Å². The Bertz CT molecular complexity index is 1040. The van der Waals surface area contributed by atoms with Gasteiger partial charge in [-0.1, -0.05) is 42.5 Å². The summed E-state index contributed by atoms with van der Waals surface area (Å²) in [5.41, 5.74) is 1.14. The van der Waals surface area contributed by atoms with Gasteiger partial charge in [0, 0.05) is 23.4 Å². The Kier molecular flexibility index (Phi) is 5.46. The zero-order chi connectivity index (χ0) is 18.5.